The lowest BCUT2D eigenvalue weighted by Gasteiger charge is -2.32. The molecular weight excluding hydrogens is 444 g/mol. The molecule has 1 saturated heterocycles. The highest BCUT2D eigenvalue weighted by Gasteiger charge is 2.29. The molecule has 1 aliphatic rings. The molecular formula is C27H30N4O4. The second-order valence-corrected chi connectivity index (χ2v) is 8.87. The molecule has 2 amide bonds. The van der Waals surface area contributed by atoms with Crippen LogP contribution in [-0.4, -0.2) is 52.2 Å². The highest BCUT2D eigenvalue weighted by Crippen LogP contribution is 2.22. The molecule has 8 nitrogen and oxygen atoms in total. The number of nitrogens with one attached hydrogen (secondary N) is 1. The number of benzene rings is 2. The van der Waals surface area contributed by atoms with E-state index in [4.69, 9.17) is 4.74 Å². The zero-order valence-electron chi connectivity index (χ0n) is 20.3. The van der Waals surface area contributed by atoms with E-state index in [-0.39, 0.29) is 30.0 Å². The number of carbonyl (C=O) groups is 3. The average Bonchev–Trinajstić information content (AvgIpc) is 3.34. The summed E-state index contributed by atoms with van der Waals surface area (Å²) in [5, 5.41) is 7.24. The van der Waals surface area contributed by atoms with Crippen molar-refractivity contribution in [3.8, 4) is 5.69 Å². The number of anilines is 1. The Labute approximate surface area is 204 Å². The van der Waals surface area contributed by atoms with E-state index in [1.165, 1.54) is 0 Å². The van der Waals surface area contributed by atoms with Gasteiger partial charge in [-0.05, 0) is 70.0 Å². The van der Waals surface area contributed by atoms with Crippen molar-refractivity contribution >= 4 is 23.5 Å². The van der Waals surface area contributed by atoms with E-state index < -0.39 is 5.97 Å². The average molecular weight is 475 g/mol. The Morgan fingerprint density at radius 2 is 1.86 bits per heavy atom. The molecule has 182 valence electrons. The fourth-order valence-corrected chi connectivity index (χ4v) is 4.41. The molecule has 0 spiro atoms. The topological polar surface area (TPSA) is 93.5 Å². The Morgan fingerprint density at radius 1 is 1.09 bits per heavy atom. The summed E-state index contributed by atoms with van der Waals surface area (Å²) in [5.74, 6) is -0.921. The normalized spacial score (nSPS) is 15.5. The molecule has 2 aromatic carbocycles. The number of rotatable bonds is 6. The van der Waals surface area contributed by atoms with Crippen LogP contribution in [0.5, 0.6) is 0 Å². The maximum absolute atomic E-state index is 13.1. The molecule has 35 heavy (non-hydrogen) atoms. The van der Waals surface area contributed by atoms with Gasteiger partial charge in [-0.1, -0.05) is 23.3 Å². The van der Waals surface area contributed by atoms with Gasteiger partial charge in [-0.25, -0.2) is 9.48 Å². The second-order valence-electron chi connectivity index (χ2n) is 8.87. The van der Waals surface area contributed by atoms with E-state index in [1.807, 2.05) is 44.2 Å². The van der Waals surface area contributed by atoms with Gasteiger partial charge in [-0.3, -0.25) is 9.59 Å². The van der Waals surface area contributed by atoms with Crippen molar-refractivity contribution in [2.75, 3.05) is 25.0 Å². The maximum Gasteiger partial charge on any atom is 0.358 e. The largest absolute Gasteiger partial charge is 0.461 e. The third-order valence-electron chi connectivity index (χ3n) is 6.00. The molecule has 8 heteroatoms. The molecule has 0 radical (unpaired) electrons. The molecule has 1 unspecified atom stereocenters. The molecule has 1 fully saturated rings. The lowest BCUT2D eigenvalue weighted by atomic mass is 9.96. The number of carbonyl (C=O) groups excluding carboxylic acids is 3. The predicted octanol–water partition coefficient (Wildman–Crippen LogP) is 4.16. The van der Waals surface area contributed by atoms with Crippen LogP contribution in [0.25, 0.3) is 5.69 Å². The quantitative estimate of drug-likeness (QED) is 0.542. The first-order chi connectivity index (χ1) is 16.8. The smallest absolute Gasteiger partial charge is 0.358 e. The number of aryl methyl sites for hydroxylation is 2. The summed E-state index contributed by atoms with van der Waals surface area (Å²) >= 11 is 0. The van der Waals surface area contributed by atoms with Crippen LogP contribution in [0, 0.1) is 19.8 Å². The zero-order valence-corrected chi connectivity index (χ0v) is 20.3. The van der Waals surface area contributed by atoms with Gasteiger partial charge < -0.3 is 15.0 Å². The fraction of sp³-hybridized carbons (Fsp3) is 0.333. The third kappa shape index (κ3) is 5.77. The molecule has 1 atom stereocenters. The van der Waals surface area contributed by atoms with Crippen molar-refractivity contribution in [3.05, 3.63) is 77.1 Å². The SMILES string of the molecule is CCOC(=O)c1ccn(-c2cccc(NC(=O)C3CCCN(C(=O)c4cc(C)cc(C)c4)C3)c2)n1. The van der Waals surface area contributed by atoms with Crippen molar-refractivity contribution < 1.29 is 19.1 Å². The summed E-state index contributed by atoms with van der Waals surface area (Å²) in [4.78, 5) is 39.8. The summed E-state index contributed by atoms with van der Waals surface area (Å²) in [5.41, 5.74) is 4.30. The minimum absolute atomic E-state index is 0.0348. The Morgan fingerprint density at radius 3 is 2.60 bits per heavy atom. The number of esters is 1. The standard InChI is InChI=1S/C27H30N4O4/c1-4-35-27(34)24-10-12-31(29-24)23-9-5-8-22(16-23)28-25(32)20-7-6-11-30(17-20)26(33)21-14-18(2)13-19(3)15-21/h5,8-10,12-16,20H,4,6-7,11,17H2,1-3H3,(H,28,32). The minimum atomic E-state index is -0.479. The van der Waals surface area contributed by atoms with E-state index in [9.17, 15) is 14.4 Å². The number of nitrogens with zero attached hydrogens (tertiary/aromatic N) is 3. The van der Waals surface area contributed by atoms with E-state index in [0.717, 1.165) is 24.0 Å². The van der Waals surface area contributed by atoms with Crippen molar-refractivity contribution in [1.82, 2.24) is 14.7 Å². The highest BCUT2D eigenvalue weighted by atomic mass is 16.5. The van der Waals surface area contributed by atoms with E-state index >= 15 is 0 Å². The summed E-state index contributed by atoms with van der Waals surface area (Å²) in [6, 6.07) is 14.7. The van der Waals surface area contributed by atoms with Crippen molar-refractivity contribution in [1.29, 1.82) is 0 Å². The molecule has 1 N–H and O–H groups in total. The van der Waals surface area contributed by atoms with Gasteiger partial charge in [0, 0.05) is 30.5 Å². The number of hydrogen-bond donors (Lipinski definition) is 1. The first kappa shape index (κ1) is 24.2. The van der Waals surface area contributed by atoms with Crippen LogP contribution in [-0.2, 0) is 9.53 Å². The number of aromatic nitrogens is 2. The fourth-order valence-electron chi connectivity index (χ4n) is 4.41. The van der Waals surface area contributed by atoms with Gasteiger partial charge in [0.2, 0.25) is 5.91 Å². The number of amides is 2. The van der Waals surface area contributed by atoms with Crippen molar-refractivity contribution in [3.63, 3.8) is 0 Å². The molecule has 2 heterocycles. The van der Waals surface area contributed by atoms with Gasteiger partial charge >= 0.3 is 5.97 Å². The molecule has 0 aliphatic carbocycles. The van der Waals surface area contributed by atoms with Crippen molar-refractivity contribution in [2.45, 2.75) is 33.6 Å². The number of hydrogen-bond acceptors (Lipinski definition) is 5. The first-order valence-electron chi connectivity index (χ1n) is 11.9. The summed E-state index contributed by atoms with van der Waals surface area (Å²) in [6.07, 6.45) is 3.17. The van der Waals surface area contributed by atoms with Crippen LogP contribution in [0.4, 0.5) is 5.69 Å². The first-order valence-corrected chi connectivity index (χ1v) is 11.9. The Hall–Kier alpha value is -3.94. The van der Waals surface area contributed by atoms with Gasteiger partial charge in [-0.15, -0.1) is 0 Å². The highest BCUT2D eigenvalue weighted by molar-refractivity contribution is 5.96. The summed E-state index contributed by atoms with van der Waals surface area (Å²) in [6.45, 7) is 7.01. The van der Waals surface area contributed by atoms with Gasteiger partial charge in [0.05, 0.1) is 18.2 Å². The van der Waals surface area contributed by atoms with Crippen LogP contribution in [0.3, 0.4) is 0 Å². The molecule has 3 aromatic rings. The van der Waals surface area contributed by atoms with Crippen molar-refractivity contribution in [2.24, 2.45) is 5.92 Å². The molecule has 0 bridgehead atoms. The number of piperidine rings is 1. The Kier molecular flexibility index (Phi) is 7.29. The van der Waals surface area contributed by atoms with Crippen LogP contribution >= 0.6 is 0 Å². The van der Waals surface area contributed by atoms with Crippen LogP contribution in [0.1, 0.15) is 51.7 Å². The second kappa shape index (κ2) is 10.5. The molecule has 0 saturated carbocycles. The summed E-state index contributed by atoms with van der Waals surface area (Å²) < 4.78 is 6.55. The van der Waals surface area contributed by atoms with Crippen LogP contribution in [0.15, 0.2) is 54.7 Å². The molecule has 1 aromatic heterocycles. The maximum atomic E-state index is 13.1. The monoisotopic (exact) mass is 474 g/mol. The van der Waals surface area contributed by atoms with E-state index in [0.29, 0.717) is 30.0 Å². The molecule has 4 rings (SSSR count). The van der Waals surface area contributed by atoms with Crippen LogP contribution in [0.2, 0.25) is 0 Å². The Bertz CT molecular complexity index is 1230. The van der Waals surface area contributed by atoms with E-state index in [2.05, 4.69) is 10.4 Å². The summed E-state index contributed by atoms with van der Waals surface area (Å²) in [7, 11) is 0. The number of ether oxygens (including phenoxy) is 1. The minimum Gasteiger partial charge on any atom is -0.461 e. The van der Waals surface area contributed by atoms with Gasteiger partial charge in [-0.2, -0.15) is 5.10 Å². The zero-order chi connectivity index (χ0) is 24.9. The van der Waals surface area contributed by atoms with Crippen LogP contribution < -0.4 is 5.32 Å². The van der Waals surface area contributed by atoms with Gasteiger partial charge in [0.15, 0.2) is 5.69 Å². The lowest BCUT2D eigenvalue weighted by molar-refractivity contribution is -0.121. The Balaban J connectivity index is 1.42. The molecule has 1 aliphatic heterocycles. The van der Waals surface area contributed by atoms with Gasteiger partial charge in [0.25, 0.3) is 5.91 Å². The van der Waals surface area contributed by atoms with E-state index in [1.54, 1.807) is 40.9 Å². The van der Waals surface area contributed by atoms with Gasteiger partial charge in [0.1, 0.15) is 0 Å². The number of likely N-dealkylation sites (tertiary alicyclic amines) is 1. The third-order valence-corrected chi connectivity index (χ3v) is 6.00. The lowest BCUT2D eigenvalue weighted by Crippen LogP contribution is -2.43. The predicted molar refractivity (Wildman–Crippen MR) is 133 cm³/mol.